The molecule has 14 atom stereocenters. The van der Waals surface area contributed by atoms with E-state index in [1.165, 1.54) is 85.5 Å². The van der Waals surface area contributed by atoms with Crippen LogP contribution in [-0.2, 0) is 57.5 Å². The highest BCUT2D eigenvalue weighted by Gasteiger charge is 2.49. The van der Waals surface area contributed by atoms with Gasteiger partial charge < -0.3 is 70.3 Å². The van der Waals surface area contributed by atoms with Gasteiger partial charge >= 0.3 is 6.09 Å². The van der Waals surface area contributed by atoms with Gasteiger partial charge in [0.25, 0.3) is 0 Å². The summed E-state index contributed by atoms with van der Waals surface area (Å²) in [6.45, 7) is 30.4. The van der Waals surface area contributed by atoms with Gasteiger partial charge in [-0.3, -0.25) is 52.7 Å². The third-order valence-corrected chi connectivity index (χ3v) is 19.0. The van der Waals surface area contributed by atoms with Gasteiger partial charge in [-0.25, -0.2) is 4.79 Å². The topological polar surface area (TPSA) is 308 Å². The van der Waals surface area contributed by atoms with Gasteiger partial charge in [0, 0.05) is 61.8 Å². The summed E-state index contributed by atoms with van der Waals surface area (Å²) < 4.78 is 6.07. The van der Waals surface area contributed by atoms with Gasteiger partial charge in [-0.2, -0.15) is 0 Å². The van der Waals surface area contributed by atoms with E-state index < -0.39 is 167 Å². The molecule has 546 valence electrons. The van der Waals surface area contributed by atoms with Gasteiger partial charge in [-0.05, 0) is 120 Å². The number of hydrogen-bond acceptors (Lipinski definition) is 14. The molecule has 3 saturated heterocycles. The van der Waals surface area contributed by atoms with Gasteiger partial charge in [0.1, 0.15) is 72.6 Å². The molecular weight excluding hydrogens is 1230 g/mol. The summed E-state index contributed by atoms with van der Waals surface area (Å²) in [4.78, 5) is 189. The maximum absolute atomic E-state index is 15.4. The lowest BCUT2D eigenvalue weighted by molar-refractivity contribution is -0.157. The first-order valence-electron chi connectivity index (χ1n) is 35.0. The first-order valence-corrected chi connectivity index (χ1v) is 35.0. The Labute approximate surface area is 572 Å². The van der Waals surface area contributed by atoms with E-state index >= 15 is 28.8 Å². The average Bonchev–Trinajstić information content (AvgIpc) is 1.33. The SMILES string of the molecule is C/C=C/C[C@@H](C)[C@@H](O)[C@H]1C(=O)N[C@@H](CC)C(=O)N2CC(OC(=O)N3CCCCC3)C[C@@H]2C(=O)N(C)[C@@H](CC(C)C)C(=O)N[C@@H](C(C)C)C(=O)N(C)[C@@H](CC(C)C)C(=O)N[C@@H](C)C(=O)N[C@H](C)C(=O)N(C)[C@@H](CC(C)C)C(=O)N(C)[C@@H](CC(C)C)C(=O)N(C)[C@@H](C(C)C)C(=O)N1C. The Balaban J connectivity index is 2.41. The Bertz CT molecular complexity index is 2720. The normalized spacial score (nSPS) is 28.2. The number of amides is 12. The monoisotopic (exact) mass is 1350 g/mol. The molecule has 96 heavy (non-hydrogen) atoms. The maximum atomic E-state index is 15.4. The lowest BCUT2D eigenvalue weighted by Gasteiger charge is -2.41. The molecule has 3 rings (SSSR count). The highest BCUT2D eigenvalue weighted by Crippen LogP contribution is 2.29. The van der Waals surface area contributed by atoms with E-state index in [1.54, 1.807) is 65.5 Å². The fraction of sp³-hybridized carbons (Fsp3) is 0.800. The van der Waals surface area contributed by atoms with Crippen molar-refractivity contribution in [2.45, 2.75) is 261 Å². The molecule has 0 radical (unpaired) electrons. The molecule has 3 aliphatic rings. The van der Waals surface area contributed by atoms with Crippen LogP contribution in [0.2, 0.25) is 0 Å². The van der Waals surface area contributed by atoms with E-state index in [-0.39, 0.29) is 75.2 Å². The summed E-state index contributed by atoms with van der Waals surface area (Å²) in [5, 5.41) is 23.5. The minimum Gasteiger partial charge on any atom is -0.444 e. The number of nitrogens with zero attached hydrogens (tertiary/aromatic N) is 8. The third kappa shape index (κ3) is 22.1. The molecule has 0 spiro atoms. The quantitative estimate of drug-likeness (QED) is 0.134. The van der Waals surface area contributed by atoms with Crippen molar-refractivity contribution in [1.29, 1.82) is 0 Å². The molecule has 0 aliphatic carbocycles. The second-order valence-electron chi connectivity index (χ2n) is 29.6. The van der Waals surface area contributed by atoms with Gasteiger partial charge in [0.2, 0.25) is 65.0 Å². The second-order valence-corrected chi connectivity index (χ2v) is 29.6. The summed E-state index contributed by atoms with van der Waals surface area (Å²) in [5.74, 6) is -10.4. The molecule has 1 unspecified atom stereocenters. The molecule has 0 aromatic rings. The summed E-state index contributed by atoms with van der Waals surface area (Å²) >= 11 is 0. The predicted molar refractivity (Wildman–Crippen MR) is 367 cm³/mol. The number of ether oxygens (including phenoxy) is 1. The Morgan fingerprint density at radius 1 is 0.510 bits per heavy atom. The zero-order chi connectivity index (χ0) is 73.2. The van der Waals surface area contributed by atoms with E-state index in [4.69, 9.17) is 4.74 Å². The summed E-state index contributed by atoms with van der Waals surface area (Å²) in [6.07, 6.45) is 3.32. The van der Waals surface area contributed by atoms with Crippen LogP contribution in [0.5, 0.6) is 0 Å². The molecule has 3 fully saturated rings. The van der Waals surface area contributed by atoms with Crippen molar-refractivity contribution in [2.24, 2.45) is 41.4 Å². The number of nitrogens with one attached hydrogen (secondary N) is 4. The first kappa shape index (κ1) is 83.4. The van der Waals surface area contributed by atoms with Gasteiger partial charge in [-0.15, -0.1) is 0 Å². The second kappa shape index (κ2) is 37.8. The Hall–Kier alpha value is -6.86. The standard InChI is InChI=1S/C70H122N12O14/c1-24-26-30-45(15)58(83)57-62(87)73-49(25-2)64(89)82-38-48(96-70(95)81-31-28-27-29-32-81)37-54(82)67(92)75(18)51(34-40(5)6)61(86)74-55(43(11)12)68(93)76(19)50(33-39(3)4)60(85)71-46(16)59(84)72-47(17)63(88)77(20)52(35-41(7)8)65(90)78(21)53(36-42(9)10)66(91)79(22)56(44(13)14)69(94)80(57)23/h24,26,39-58,83H,25,27-38H2,1-23H3,(H,71,85)(H,72,84)(H,73,87)(H,74,86)/b26-24+/t45-,46+,47-,48?,49+,50+,51+,52+,53+,54-,55+,56+,57+,58-/m1/s1. The van der Waals surface area contributed by atoms with Crippen molar-refractivity contribution in [1.82, 2.24) is 60.5 Å². The number of carbonyl (C=O) groups excluding carboxylic acids is 12. The van der Waals surface area contributed by atoms with Crippen molar-refractivity contribution in [3.63, 3.8) is 0 Å². The van der Waals surface area contributed by atoms with Gasteiger partial charge in [0.05, 0.1) is 12.6 Å². The minimum absolute atomic E-state index is 0.0633. The molecule has 0 aromatic carbocycles. The van der Waals surface area contributed by atoms with Crippen LogP contribution in [-0.4, -0.2) is 256 Å². The number of rotatable bonds is 16. The predicted octanol–water partition coefficient (Wildman–Crippen LogP) is 4.40. The average molecular weight is 1360 g/mol. The number of fused-ring (bicyclic) bond motifs is 1. The molecule has 0 saturated carbocycles. The van der Waals surface area contributed by atoms with Crippen molar-refractivity contribution < 1.29 is 67.4 Å². The summed E-state index contributed by atoms with van der Waals surface area (Å²) in [6, 6.07) is -14.3. The van der Waals surface area contributed by atoms with Crippen LogP contribution >= 0.6 is 0 Å². The summed E-state index contributed by atoms with van der Waals surface area (Å²) in [5.41, 5.74) is 0. The van der Waals surface area contributed by atoms with Crippen LogP contribution in [0.4, 0.5) is 4.79 Å². The molecule has 3 heterocycles. The van der Waals surface area contributed by atoms with Crippen LogP contribution in [0.1, 0.15) is 182 Å². The fourth-order valence-electron chi connectivity index (χ4n) is 13.1. The van der Waals surface area contributed by atoms with Crippen molar-refractivity contribution in [3.05, 3.63) is 12.2 Å². The molecular formula is C70H122N12O14. The van der Waals surface area contributed by atoms with E-state index in [1.807, 2.05) is 55.4 Å². The highest BCUT2D eigenvalue weighted by molar-refractivity contribution is 6.00. The smallest absolute Gasteiger partial charge is 0.410 e. The van der Waals surface area contributed by atoms with Crippen molar-refractivity contribution >= 4 is 71.1 Å². The highest BCUT2D eigenvalue weighted by atomic mass is 16.6. The molecule has 26 heteroatoms. The summed E-state index contributed by atoms with van der Waals surface area (Å²) in [7, 11) is 8.51. The fourth-order valence-corrected chi connectivity index (χ4v) is 13.1. The van der Waals surface area contributed by atoms with Gasteiger partial charge in [0.15, 0.2) is 0 Å². The number of aliphatic hydroxyl groups excluding tert-OH is 1. The van der Waals surface area contributed by atoms with Crippen LogP contribution in [0.15, 0.2) is 12.2 Å². The molecule has 5 N–H and O–H groups in total. The van der Waals surface area contributed by atoms with Crippen LogP contribution < -0.4 is 21.3 Å². The Morgan fingerprint density at radius 2 is 0.958 bits per heavy atom. The van der Waals surface area contributed by atoms with Gasteiger partial charge in [-0.1, -0.05) is 109 Å². The van der Waals surface area contributed by atoms with E-state index in [0.717, 1.165) is 24.2 Å². The largest absolute Gasteiger partial charge is 0.444 e. The Kier molecular flexibility index (Phi) is 32.8. The molecule has 12 amide bonds. The minimum atomic E-state index is -1.69. The number of likely N-dealkylation sites (N-methyl/N-ethyl adjacent to an activating group) is 6. The molecule has 3 aliphatic heterocycles. The molecule has 0 bridgehead atoms. The van der Waals surface area contributed by atoms with Crippen LogP contribution in [0, 0.1) is 41.4 Å². The Morgan fingerprint density at radius 3 is 1.44 bits per heavy atom. The lowest BCUT2D eigenvalue weighted by Crippen LogP contribution is -2.64. The van der Waals surface area contributed by atoms with Crippen molar-refractivity contribution in [3.8, 4) is 0 Å². The molecule has 26 nitrogen and oxygen atoms in total. The number of hydrogen-bond donors (Lipinski definition) is 5. The molecule has 0 aromatic heterocycles. The van der Waals surface area contributed by atoms with E-state index in [0.29, 0.717) is 13.1 Å². The lowest BCUT2D eigenvalue weighted by atomic mass is 9.91. The van der Waals surface area contributed by atoms with E-state index in [9.17, 15) is 33.9 Å². The third-order valence-electron chi connectivity index (χ3n) is 19.0. The van der Waals surface area contributed by atoms with E-state index in [2.05, 4.69) is 21.3 Å². The zero-order valence-corrected chi connectivity index (χ0v) is 62.2. The number of aliphatic hydroxyl groups is 1. The zero-order valence-electron chi connectivity index (χ0n) is 62.2. The number of likely N-dealkylation sites (tertiary alicyclic amines) is 1. The number of piperidine rings is 1. The number of carbonyl (C=O) groups is 12. The van der Waals surface area contributed by atoms with Crippen LogP contribution in [0.3, 0.4) is 0 Å². The van der Waals surface area contributed by atoms with Crippen LogP contribution in [0.25, 0.3) is 0 Å². The first-order chi connectivity index (χ1) is 44.7. The maximum Gasteiger partial charge on any atom is 0.410 e. The number of allylic oxidation sites excluding steroid dienone is 2. The van der Waals surface area contributed by atoms with Crippen molar-refractivity contribution in [2.75, 3.05) is 61.9 Å².